The Morgan fingerprint density at radius 3 is 2.61 bits per heavy atom. The van der Waals surface area contributed by atoms with Gasteiger partial charge >= 0.3 is 6.09 Å². The summed E-state index contributed by atoms with van der Waals surface area (Å²) < 4.78 is 0. The molecular formula is C20H25ClN6O4. The maximum atomic E-state index is 12.1. The second-order valence-electron chi connectivity index (χ2n) is 6.81. The van der Waals surface area contributed by atoms with Crippen LogP contribution in [0.15, 0.2) is 24.3 Å². The molecule has 166 valence electrons. The van der Waals surface area contributed by atoms with Gasteiger partial charge in [-0.25, -0.2) is 14.8 Å². The van der Waals surface area contributed by atoms with E-state index in [0.29, 0.717) is 30.8 Å². The molecule has 2 rings (SSSR count). The van der Waals surface area contributed by atoms with Gasteiger partial charge in [-0.1, -0.05) is 30.7 Å². The molecule has 0 saturated heterocycles. The summed E-state index contributed by atoms with van der Waals surface area (Å²) in [5.41, 5.74) is 7.44. The van der Waals surface area contributed by atoms with Crippen LogP contribution in [0.1, 0.15) is 35.6 Å². The van der Waals surface area contributed by atoms with Crippen molar-refractivity contribution in [2.75, 3.05) is 18.9 Å². The van der Waals surface area contributed by atoms with Crippen LogP contribution in [0.5, 0.6) is 0 Å². The van der Waals surface area contributed by atoms with Crippen molar-refractivity contribution in [3.05, 3.63) is 46.4 Å². The fraction of sp³-hybridized carbons (Fsp3) is 0.350. The van der Waals surface area contributed by atoms with Crippen LogP contribution in [0, 0.1) is 0 Å². The van der Waals surface area contributed by atoms with Crippen LogP contribution < -0.4 is 16.4 Å². The van der Waals surface area contributed by atoms with Crippen molar-refractivity contribution >= 4 is 41.0 Å². The number of amides is 3. The van der Waals surface area contributed by atoms with Crippen LogP contribution >= 0.6 is 11.6 Å². The van der Waals surface area contributed by atoms with E-state index in [1.807, 2.05) is 19.1 Å². The minimum Gasteiger partial charge on any atom is -0.465 e. The third-order valence-electron chi connectivity index (χ3n) is 4.65. The molecule has 0 fully saturated rings. The Labute approximate surface area is 184 Å². The fourth-order valence-corrected chi connectivity index (χ4v) is 2.95. The Morgan fingerprint density at radius 2 is 2.00 bits per heavy atom. The van der Waals surface area contributed by atoms with E-state index in [1.54, 1.807) is 12.1 Å². The van der Waals surface area contributed by atoms with Gasteiger partial charge in [0.1, 0.15) is 6.04 Å². The molecule has 0 aliphatic heterocycles. The summed E-state index contributed by atoms with van der Waals surface area (Å²) in [6.45, 7) is 3.68. The van der Waals surface area contributed by atoms with E-state index in [0.717, 1.165) is 10.5 Å². The number of carbonyl (C=O) groups is 3. The Balaban J connectivity index is 2.06. The van der Waals surface area contributed by atoms with E-state index < -0.39 is 18.0 Å². The minimum absolute atomic E-state index is 0.00421. The molecule has 10 nitrogen and oxygen atoms in total. The lowest BCUT2D eigenvalue weighted by molar-refractivity contribution is -0.124. The lowest BCUT2D eigenvalue weighted by Crippen LogP contribution is -2.45. The number of carbonyl (C=O) groups excluding carboxylic acids is 2. The highest BCUT2D eigenvalue weighted by molar-refractivity contribution is 6.30. The van der Waals surface area contributed by atoms with Gasteiger partial charge < -0.3 is 21.5 Å². The molecule has 5 N–H and O–H groups in total. The van der Waals surface area contributed by atoms with Gasteiger partial charge in [-0.05, 0) is 37.5 Å². The van der Waals surface area contributed by atoms with Gasteiger partial charge in [0.15, 0.2) is 16.7 Å². The zero-order chi connectivity index (χ0) is 23.1. The van der Waals surface area contributed by atoms with Crippen molar-refractivity contribution in [3.8, 4) is 0 Å². The number of anilines is 2. The summed E-state index contributed by atoms with van der Waals surface area (Å²) in [4.78, 5) is 44.1. The number of aromatic nitrogens is 2. The maximum Gasteiger partial charge on any atom is 0.407 e. The monoisotopic (exact) mass is 448 g/mol. The summed E-state index contributed by atoms with van der Waals surface area (Å²) in [5, 5.41) is 14.9. The highest BCUT2D eigenvalue weighted by atomic mass is 35.5. The molecule has 31 heavy (non-hydrogen) atoms. The second kappa shape index (κ2) is 10.6. The quantitative estimate of drug-likeness (QED) is 0.459. The third kappa shape index (κ3) is 6.29. The van der Waals surface area contributed by atoms with E-state index in [2.05, 4.69) is 20.6 Å². The van der Waals surface area contributed by atoms with Crippen LogP contribution in [-0.2, 0) is 17.6 Å². The first-order valence-corrected chi connectivity index (χ1v) is 9.97. The van der Waals surface area contributed by atoms with Crippen molar-refractivity contribution in [2.24, 2.45) is 5.73 Å². The lowest BCUT2D eigenvalue weighted by Gasteiger charge is -2.20. The maximum absolute atomic E-state index is 12.1. The average Bonchev–Trinajstić information content (AvgIpc) is 2.72. The van der Waals surface area contributed by atoms with Gasteiger partial charge in [0.05, 0.1) is 5.69 Å². The molecule has 0 aliphatic carbocycles. The summed E-state index contributed by atoms with van der Waals surface area (Å²) in [5.74, 6) is -0.947. The molecule has 11 heteroatoms. The highest BCUT2D eigenvalue weighted by Gasteiger charge is 2.21. The molecule has 1 aromatic heterocycles. The Morgan fingerprint density at radius 1 is 1.29 bits per heavy atom. The fourth-order valence-electron chi connectivity index (χ4n) is 2.69. The Bertz CT molecular complexity index is 984. The summed E-state index contributed by atoms with van der Waals surface area (Å²) in [6, 6.07) is 6.48. The van der Waals surface area contributed by atoms with E-state index in [1.165, 1.54) is 14.0 Å². The molecule has 0 radical (unpaired) electrons. The summed E-state index contributed by atoms with van der Waals surface area (Å²) in [6.07, 6.45) is -0.157. The minimum atomic E-state index is -1.17. The van der Waals surface area contributed by atoms with Crippen LogP contribution in [0.2, 0.25) is 5.15 Å². The summed E-state index contributed by atoms with van der Waals surface area (Å²) >= 11 is 6.12. The number of halogens is 1. The molecule has 3 amide bonds. The van der Waals surface area contributed by atoms with Gasteiger partial charge in [0.2, 0.25) is 5.91 Å². The number of primary amides is 1. The smallest absolute Gasteiger partial charge is 0.407 e. The largest absolute Gasteiger partial charge is 0.465 e. The molecule has 2 aromatic rings. The molecule has 0 aliphatic rings. The molecule has 1 atom stereocenters. The Hall–Kier alpha value is -3.40. The number of hydrogen-bond acceptors (Lipinski definition) is 6. The first kappa shape index (κ1) is 23.9. The SMILES string of the molecule is CCc1nc(C(N)=O)c(Nc2cccc(CCNC(=O)C(C)N(C)C(=O)O)c2)nc1Cl. The highest BCUT2D eigenvalue weighted by Crippen LogP contribution is 2.23. The van der Waals surface area contributed by atoms with Crippen LogP contribution in [0.4, 0.5) is 16.3 Å². The molecular weight excluding hydrogens is 424 g/mol. The van der Waals surface area contributed by atoms with Crippen LogP contribution in [0.25, 0.3) is 0 Å². The lowest BCUT2D eigenvalue weighted by atomic mass is 10.1. The number of likely N-dealkylation sites (N-methyl/N-ethyl adjacent to an activating group) is 1. The predicted octanol–water partition coefficient (Wildman–Crippen LogP) is 2.19. The van der Waals surface area contributed by atoms with E-state index in [-0.39, 0.29) is 22.6 Å². The predicted molar refractivity (Wildman–Crippen MR) is 117 cm³/mol. The molecule has 1 heterocycles. The zero-order valence-corrected chi connectivity index (χ0v) is 18.2. The van der Waals surface area contributed by atoms with Crippen molar-refractivity contribution in [2.45, 2.75) is 32.7 Å². The second-order valence-corrected chi connectivity index (χ2v) is 7.17. The van der Waals surface area contributed by atoms with Gasteiger partial charge in [0, 0.05) is 19.3 Å². The van der Waals surface area contributed by atoms with Gasteiger partial charge in [0.25, 0.3) is 5.91 Å². The number of aryl methyl sites for hydroxylation is 1. The number of carboxylic acid groups (broad SMARTS) is 1. The molecule has 1 aromatic carbocycles. The van der Waals surface area contributed by atoms with E-state index >= 15 is 0 Å². The topological polar surface area (TPSA) is 151 Å². The number of nitrogens with two attached hydrogens (primary N) is 1. The molecule has 0 spiro atoms. The van der Waals surface area contributed by atoms with Crippen molar-refractivity contribution < 1.29 is 19.5 Å². The van der Waals surface area contributed by atoms with E-state index in [4.69, 9.17) is 22.4 Å². The molecule has 1 unspecified atom stereocenters. The summed E-state index contributed by atoms with van der Waals surface area (Å²) in [7, 11) is 1.34. The number of nitrogens with one attached hydrogen (secondary N) is 2. The number of rotatable bonds is 9. The standard InChI is InChI=1S/C20H25ClN6O4/c1-4-14-16(21)26-18(15(25-14)17(22)28)24-13-7-5-6-12(10-13)8-9-23-19(29)11(2)27(3)20(30)31/h5-7,10-11H,4,8-9H2,1-3H3,(H2,22,28)(H,23,29)(H,24,26)(H,30,31). The van der Waals surface area contributed by atoms with Gasteiger partial charge in [-0.3, -0.25) is 14.5 Å². The van der Waals surface area contributed by atoms with E-state index in [9.17, 15) is 14.4 Å². The molecule has 0 saturated carbocycles. The first-order valence-electron chi connectivity index (χ1n) is 9.59. The Kier molecular flexibility index (Phi) is 8.14. The van der Waals surface area contributed by atoms with Crippen LogP contribution in [-0.4, -0.2) is 57.5 Å². The van der Waals surface area contributed by atoms with Gasteiger partial charge in [-0.2, -0.15) is 0 Å². The number of hydrogen-bond donors (Lipinski definition) is 4. The third-order valence-corrected chi connectivity index (χ3v) is 4.95. The van der Waals surface area contributed by atoms with Crippen molar-refractivity contribution in [1.82, 2.24) is 20.2 Å². The first-order chi connectivity index (χ1) is 14.6. The molecule has 0 bridgehead atoms. The van der Waals surface area contributed by atoms with Crippen LogP contribution in [0.3, 0.4) is 0 Å². The number of nitrogens with zero attached hydrogens (tertiary/aromatic N) is 3. The van der Waals surface area contributed by atoms with Crippen molar-refractivity contribution in [1.29, 1.82) is 0 Å². The number of benzene rings is 1. The van der Waals surface area contributed by atoms with Gasteiger partial charge in [-0.15, -0.1) is 0 Å². The normalized spacial score (nSPS) is 11.5. The zero-order valence-electron chi connectivity index (χ0n) is 17.5. The van der Waals surface area contributed by atoms with Crippen molar-refractivity contribution in [3.63, 3.8) is 0 Å². The average molecular weight is 449 g/mol.